The number of ether oxygens (including phenoxy) is 1. The molecule has 0 amide bonds. The molecule has 0 saturated carbocycles. The van der Waals surface area contributed by atoms with E-state index in [1.807, 2.05) is 0 Å². The van der Waals surface area contributed by atoms with Crippen LogP contribution in [0.3, 0.4) is 0 Å². The van der Waals surface area contributed by atoms with Crippen molar-refractivity contribution in [1.29, 1.82) is 0 Å². The minimum Gasteiger partial charge on any atom is -0.381 e. The third kappa shape index (κ3) is 2.59. The average molecular weight is 225 g/mol. The molecule has 2 atom stereocenters. The van der Waals surface area contributed by atoms with Gasteiger partial charge in [0.05, 0.1) is 6.61 Å². The van der Waals surface area contributed by atoms with Crippen LogP contribution in [-0.2, 0) is 4.74 Å². The number of nitrogens with zero attached hydrogens (tertiary/aromatic N) is 2. The quantitative estimate of drug-likeness (QED) is 0.838. The lowest BCUT2D eigenvalue weighted by molar-refractivity contribution is 0.0773. The fraction of sp³-hybridized carbons (Fsp3) is 0.818. The molecule has 1 aliphatic heterocycles. The Morgan fingerprint density at radius 2 is 2.44 bits per heavy atom. The highest BCUT2D eigenvalue weighted by Gasteiger charge is 2.22. The van der Waals surface area contributed by atoms with Crippen molar-refractivity contribution in [3.63, 3.8) is 0 Å². The first kappa shape index (κ1) is 11.5. The van der Waals surface area contributed by atoms with Crippen molar-refractivity contribution in [3.05, 3.63) is 11.7 Å². The largest absolute Gasteiger partial charge is 0.381 e. The lowest BCUT2D eigenvalue weighted by Gasteiger charge is -2.18. The minimum atomic E-state index is 0.246. The lowest BCUT2D eigenvalue weighted by Crippen LogP contribution is -2.16. The molecule has 0 spiro atoms. The molecule has 16 heavy (non-hydrogen) atoms. The summed E-state index contributed by atoms with van der Waals surface area (Å²) in [6.07, 6.45) is 3.04. The molecule has 5 heteroatoms. The summed E-state index contributed by atoms with van der Waals surface area (Å²) in [7, 11) is 0. The molecule has 5 nitrogen and oxygen atoms in total. The van der Waals surface area contributed by atoms with Crippen molar-refractivity contribution in [3.8, 4) is 0 Å². The predicted octanol–water partition coefficient (Wildman–Crippen LogP) is 1.42. The molecule has 0 aromatic carbocycles. The van der Waals surface area contributed by atoms with E-state index in [2.05, 4.69) is 17.1 Å². The molecule has 0 bridgehead atoms. The topological polar surface area (TPSA) is 74.2 Å². The Balaban J connectivity index is 2.00. The van der Waals surface area contributed by atoms with E-state index >= 15 is 0 Å². The van der Waals surface area contributed by atoms with Crippen LogP contribution in [0.1, 0.15) is 49.7 Å². The zero-order valence-corrected chi connectivity index (χ0v) is 9.69. The number of hydrogen-bond donors (Lipinski definition) is 1. The number of nitrogens with two attached hydrogens (primary N) is 1. The van der Waals surface area contributed by atoms with Gasteiger partial charge in [-0.15, -0.1) is 0 Å². The fourth-order valence-corrected chi connectivity index (χ4v) is 1.93. The highest BCUT2D eigenvalue weighted by molar-refractivity contribution is 4.99. The minimum absolute atomic E-state index is 0.246. The monoisotopic (exact) mass is 225 g/mol. The van der Waals surface area contributed by atoms with Crippen LogP contribution in [0.5, 0.6) is 0 Å². The molecule has 2 rings (SSSR count). The van der Waals surface area contributed by atoms with Crippen LogP contribution in [0, 0.1) is 0 Å². The van der Waals surface area contributed by atoms with E-state index in [4.69, 9.17) is 15.0 Å². The van der Waals surface area contributed by atoms with Gasteiger partial charge in [-0.2, -0.15) is 4.98 Å². The van der Waals surface area contributed by atoms with Crippen LogP contribution in [0.2, 0.25) is 0 Å². The molecular weight excluding hydrogens is 206 g/mol. The van der Waals surface area contributed by atoms with Crippen molar-refractivity contribution in [2.24, 2.45) is 5.73 Å². The van der Waals surface area contributed by atoms with Crippen molar-refractivity contribution < 1.29 is 9.26 Å². The Kier molecular flexibility index (Phi) is 3.90. The zero-order chi connectivity index (χ0) is 11.4. The summed E-state index contributed by atoms with van der Waals surface area (Å²) in [5, 5.41) is 4.04. The van der Waals surface area contributed by atoms with E-state index in [9.17, 15) is 0 Å². The fourth-order valence-electron chi connectivity index (χ4n) is 1.93. The van der Waals surface area contributed by atoms with Gasteiger partial charge in [0.1, 0.15) is 0 Å². The van der Waals surface area contributed by atoms with Crippen LogP contribution in [-0.4, -0.2) is 29.9 Å². The summed E-state index contributed by atoms with van der Waals surface area (Å²) in [5.41, 5.74) is 5.51. The number of aromatic nitrogens is 2. The van der Waals surface area contributed by atoms with E-state index in [0.717, 1.165) is 31.7 Å². The normalized spacial score (nSPS) is 23.2. The SMILES string of the molecule is CC(CCN)c1nc(C2CCCOC2)no1. The molecule has 1 fully saturated rings. The van der Waals surface area contributed by atoms with Gasteiger partial charge < -0.3 is 15.0 Å². The van der Waals surface area contributed by atoms with E-state index < -0.39 is 0 Å². The van der Waals surface area contributed by atoms with Gasteiger partial charge in [0, 0.05) is 18.4 Å². The Bertz CT molecular complexity index is 321. The Hall–Kier alpha value is -0.940. The van der Waals surface area contributed by atoms with E-state index in [-0.39, 0.29) is 5.92 Å². The maximum absolute atomic E-state index is 5.51. The summed E-state index contributed by atoms with van der Waals surface area (Å²) in [4.78, 5) is 4.44. The Labute approximate surface area is 95.3 Å². The average Bonchev–Trinajstić information content (AvgIpc) is 2.80. The number of hydrogen-bond acceptors (Lipinski definition) is 5. The molecule has 2 unspecified atom stereocenters. The first-order valence-corrected chi connectivity index (χ1v) is 5.92. The molecule has 1 aromatic rings. The molecule has 0 aliphatic carbocycles. The Morgan fingerprint density at radius 3 is 3.12 bits per heavy atom. The second-order valence-electron chi connectivity index (χ2n) is 4.38. The first-order valence-electron chi connectivity index (χ1n) is 5.92. The third-order valence-electron chi connectivity index (χ3n) is 3.00. The summed E-state index contributed by atoms with van der Waals surface area (Å²) < 4.78 is 10.7. The van der Waals surface area contributed by atoms with Gasteiger partial charge in [0.25, 0.3) is 0 Å². The highest BCUT2D eigenvalue weighted by atomic mass is 16.5. The van der Waals surface area contributed by atoms with Gasteiger partial charge in [-0.1, -0.05) is 12.1 Å². The molecule has 90 valence electrons. The van der Waals surface area contributed by atoms with Gasteiger partial charge in [-0.3, -0.25) is 0 Å². The summed E-state index contributed by atoms with van der Waals surface area (Å²) >= 11 is 0. The van der Waals surface area contributed by atoms with Gasteiger partial charge in [-0.25, -0.2) is 0 Å². The maximum Gasteiger partial charge on any atom is 0.229 e. The van der Waals surface area contributed by atoms with Crippen molar-refractivity contribution in [1.82, 2.24) is 10.1 Å². The van der Waals surface area contributed by atoms with Crippen LogP contribution in [0.15, 0.2) is 4.52 Å². The predicted molar refractivity (Wildman–Crippen MR) is 59.2 cm³/mol. The van der Waals surface area contributed by atoms with E-state index in [0.29, 0.717) is 25.0 Å². The standard InChI is InChI=1S/C11H19N3O2/c1-8(4-5-12)11-13-10(14-16-11)9-3-2-6-15-7-9/h8-9H,2-7,12H2,1H3. The summed E-state index contributed by atoms with van der Waals surface area (Å²) in [6, 6.07) is 0. The zero-order valence-electron chi connectivity index (χ0n) is 9.69. The van der Waals surface area contributed by atoms with Gasteiger partial charge >= 0.3 is 0 Å². The van der Waals surface area contributed by atoms with Crippen LogP contribution in [0.25, 0.3) is 0 Å². The third-order valence-corrected chi connectivity index (χ3v) is 3.00. The van der Waals surface area contributed by atoms with Gasteiger partial charge in [0.2, 0.25) is 5.89 Å². The Morgan fingerprint density at radius 1 is 1.56 bits per heavy atom. The van der Waals surface area contributed by atoms with Crippen molar-refractivity contribution in [2.45, 2.75) is 38.0 Å². The van der Waals surface area contributed by atoms with Crippen LogP contribution >= 0.6 is 0 Å². The smallest absolute Gasteiger partial charge is 0.229 e. The lowest BCUT2D eigenvalue weighted by atomic mass is 10.0. The molecular formula is C11H19N3O2. The second-order valence-corrected chi connectivity index (χ2v) is 4.38. The van der Waals surface area contributed by atoms with Crippen LogP contribution in [0.4, 0.5) is 0 Å². The van der Waals surface area contributed by atoms with Gasteiger partial charge in [0.15, 0.2) is 5.82 Å². The first-order chi connectivity index (χ1) is 7.81. The molecule has 1 aromatic heterocycles. The summed E-state index contributed by atoms with van der Waals surface area (Å²) in [5.74, 6) is 2.04. The molecule has 0 radical (unpaired) electrons. The number of rotatable bonds is 4. The molecule has 1 aliphatic rings. The van der Waals surface area contributed by atoms with Crippen molar-refractivity contribution >= 4 is 0 Å². The van der Waals surface area contributed by atoms with E-state index in [1.54, 1.807) is 0 Å². The van der Waals surface area contributed by atoms with E-state index in [1.165, 1.54) is 0 Å². The van der Waals surface area contributed by atoms with Crippen LogP contribution < -0.4 is 5.73 Å². The molecule has 1 saturated heterocycles. The molecule has 2 N–H and O–H groups in total. The summed E-state index contributed by atoms with van der Waals surface area (Å²) in [6.45, 7) is 4.27. The second kappa shape index (κ2) is 5.41. The maximum atomic E-state index is 5.51. The highest BCUT2D eigenvalue weighted by Crippen LogP contribution is 2.25. The van der Waals surface area contributed by atoms with Gasteiger partial charge in [-0.05, 0) is 25.8 Å². The van der Waals surface area contributed by atoms with Crippen molar-refractivity contribution in [2.75, 3.05) is 19.8 Å². The molecule has 2 heterocycles.